The first-order valence-corrected chi connectivity index (χ1v) is 7.93. The SMILES string of the molecule is CC(C)c1nc(NN)cc(N2CCOC3CCCCC32)n1. The predicted molar refractivity (Wildman–Crippen MR) is 83.3 cm³/mol. The summed E-state index contributed by atoms with van der Waals surface area (Å²) in [6.45, 7) is 5.86. The summed E-state index contributed by atoms with van der Waals surface area (Å²) in [5.41, 5.74) is 2.66. The van der Waals surface area contributed by atoms with Crippen molar-refractivity contribution in [1.29, 1.82) is 0 Å². The van der Waals surface area contributed by atoms with Gasteiger partial charge in [-0.1, -0.05) is 26.7 Å². The first kappa shape index (κ1) is 14.5. The lowest BCUT2D eigenvalue weighted by Crippen LogP contribution is -2.53. The maximum atomic E-state index is 5.94. The van der Waals surface area contributed by atoms with Gasteiger partial charge in [-0.15, -0.1) is 0 Å². The second-order valence-electron chi connectivity index (χ2n) is 6.22. The zero-order valence-electron chi connectivity index (χ0n) is 12.9. The molecule has 3 N–H and O–H groups in total. The molecular weight excluding hydrogens is 266 g/mol. The molecule has 6 heteroatoms. The molecule has 2 unspecified atom stereocenters. The fourth-order valence-electron chi connectivity index (χ4n) is 3.31. The minimum absolute atomic E-state index is 0.278. The van der Waals surface area contributed by atoms with Crippen LogP contribution in [0.2, 0.25) is 0 Å². The molecule has 0 spiro atoms. The average molecular weight is 291 g/mol. The molecule has 116 valence electrons. The van der Waals surface area contributed by atoms with Crippen LogP contribution in [0.5, 0.6) is 0 Å². The molecule has 1 saturated heterocycles. The number of hydrogen-bond acceptors (Lipinski definition) is 6. The second-order valence-corrected chi connectivity index (χ2v) is 6.22. The van der Waals surface area contributed by atoms with E-state index in [-0.39, 0.29) is 5.92 Å². The predicted octanol–water partition coefficient (Wildman–Crippen LogP) is 2.03. The van der Waals surface area contributed by atoms with Crippen LogP contribution >= 0.6 is 0 Å². The van der Waals surface area contributed by atoms with Gasteiger partial charge in [0.15, 0.2) is 0 Å². The molecule has 3 rings (SSSR count). The van der Waals surface area contributed by atoms with Crippen LogP contribution in [0.3, 0.4) is 0 Å². The van der Waals surface area contributed by atoms with Gasteiger partial charge in [0, 0.05) is 18.5 Å². The highest BCUT2D eigenvalue weighted by atomic mass is 16.5. The molecule has 0 radical (unpaired) electrons. The number of hydrazine groups is 1. The Kier molecular flexibility index (Phi) is 4.26. The molecule has 2 fully saturated rings. The molecule has 1 aromatic rings. The van der Waals surface area contributed by atoms with Crippen LogP contribution in [0.25, 0.3) is 0 Å². The summed E-state index contributed by atoms with van der Waals surface area (Å²) in [6, 6.07) is 2.39. The van der Waals surface area contributed by atoms with Gasteiger partial charge in [0.2, 0.25) is 0 Å². The van der Waals surface area contributed by atoms with E-state index in [1.54, 1.807) is 0 Å². The van der Waals surface area contributed by atoms with Gasteiger partial charge in [-0.05, 0) is 12.8 Å². The van der Waals surface area contributed by atoms with Crippen molar-refractivity contribution in [2.24, 2.45) is 5.84 Å². The summed E-state index contributed by atoms with van der Waals surface area (Å²) in [4.78, 5) is 11.6. The van der Waals surface area contributed by atoms with Crippen molar-refractivity contribution in [2.75, 3.05) is 23.5 Å². The fraction of sp³-hybridized carbons (Fsp3) is 0.733. The van der Waals surface area contributed by atoms with E-state index in [4.69, 9.17) is 15.6 Å². The Morgan fingerprint density at radius 2 is 2.14 bits per heavy atom. The number of ether oxygens (including phenoxy) is 1. The lowest BCUT2D eigenvalue weighted by molar-refractivity contribution is -0.00900. The summed E-state index contributed by atoms with van der Waals surface area (Å²) in [7, 11) is 0. The summed E-state index contributed by atoms with van der Waals surface area (Å²) in [6.07, 6.45) is 5.22. The minimum Gasteiger partial charge on any atom is -0.374 e. The van der Waals surface area contributed by atoms with E-state index in [1.807, 2.05) is 6.07 Å². The third kappa shape index (κ3) is 2.96. The van der Waals surface area contributed by atoms with Crippen molar-refractivity contribution in [3.8, 4) is 0 Å². The van der Waals surface area contributed by atoms with Gasteiger partial charge >= 0.3 is 0 Å². The Morgan fingerprint density at radius 3 is 2.90 bits per heavy atom. The first-order valence-electron chi connectivity index (χ1n) is 7.93. The van der Waals surface area contributed by atoms with Gasteiger partial charge < -0.3 is 15.1 Å². The Labute approximate surface area is 126 Å². The van der Waals surface area contributed by atoms with E-state index in [9.17, 15) is 0 Å². The van der Waals surface area contributed by atoms with Crippen molar-refractivity contribution in [3.63, 3.8) is 0 Å². The standard InChI is InChI=1S/C15H25N5O/c1-10(2)15-17-13(19-16)9-14(18-15)20-7-8-21-12-6-4-3-5-11(12)20/h9-12H,3-8,16H2,1-2H3,(H,17,18,19). The van der Waals surface area contributed by atoms with Crippen molar-refractivity contribution in [2.45, 2.75) is 57.6 Å². The number of nitrogens with zero attached hydrogens (tertiary/aromatic N) is 3. The summed E-state index contributed by atoms with van der Waals surface area (Å²) in [5.74, 6) is 8.33. The highest BCUT2D eigenvalue weighted by Gasteiger charge is 2.35. The maximum Gasteiger partial charge on any atom is 0.145 e. The molecule has 0 amide bonds. The number of aromatic nitrogens is 2. The molecule has 0 bridgehead atoms. The van der Waals surface area contributed by atoms with Crippen LogP contribution in [0.4, 0.5) is 11.6 Å². The van der Waals surface area contributed by atoms with Gasteiger partial charge in [-0.2, -0.15) is 0 Å². The number of rotatable bonds is 3. The van der Waals surface area contributed by atoms with E-state index < -0.39 is 0 Å². The molecule has 1 aromatic heterocycles. The molecule has 2 atom stereocenters. The molecule has 2 aliphatic rings. The second kappa shape index (κ2) is 6.15. The first-order chi connectivity index (χ1) is 10.2. The monoisotopic (exact) mass is 291 g/mol. The zero-order valence-corrected chi connectivity index (χ0v) is 12.9. The largest absolute Gasteiger partial charge is 0.374 e. The van der Waals surface area contributed by atoms with Gasteiger partial charge in [0.25, 0.3) is 0 Å². The van der Waals surface area contributed by atoms with E-state index in [0.29, 0.717) is 18.0 Å². The molecule has 21 heavy (non-hydrogen) atoms. The highest BCUT2D eigenvalue weighted by Crippen LogP contribution is 2.32. The van der Waals surface area contributed by atoms with Gasteiger partial charge in [-0.3, -0.25) is 0 Å². The Morgan fingerprint density at radius 1 is 1.33 bits per heavy atom. The Hall–Kier alpha value is -1.40. The lowest BCUT2D eigenvalue weighted by atomic mass is 9.90. The van der Waals surface area contributed by atoms with Crippen LogP contribution in [0.1, 0.15) is 51.3 Å². The van der Waals surface area contributed by atoms with Crippen LogP contribution in [-0.4, -0.2) is 35.3 Å². The molecule has 2 heterocycles. The fourth-order valence-corrected chi connectivity index (χ4v) is 3.31. The number of morpholine rings is 1. The number of nitrogen functional groups attached to an aromatic ring is 1. The lowest BCUT2D eigenvalue weighted by Gasteiger charge is -2.44. The summed E-state index contributed by atoms with van der Waals surface area (Å²) in [5, 5.41) is 0. The number of nitrogens with one attached hydrogen (secondary N) is 1. The van der Waals surface area contributed by atoms with Crippen molar-refractivity contribution in [3.05, 3.63) is 11.9 Å². The third-order valence-corrected chi connectivity index (χ3v) is 4.42. The van der Waals surface area contributed by atoms with Gasteiger partial charge in [0.05, 0.1) is 18.8 Å². The van der Waals surface area contributed by atoms with Crippen molar-refractivity contribution in [1.82, 2.24) is 9.97 Å². The number of fused-ring (bicyclic) bond motifs is 1. The average Bonchev–Trinajstić information content (AvgIpc) is 2.53. The van der Waals surface area contributed by atoms with E-state index in [1.165, 1.54) is 19.3 Å². The normalized spacial score (nSPS) is 25.8. The van der Waals surface area contributed by atoms with Crippen molar-refractivity contribution < 1.29 is 4.74 Å². The number of anilines is 2. The van der Waals surface area contributed by atoms with E-state index in [0.717, 1.165) is 31.2 Å². The molecule has 1 aliphatic heterocycles. The van der Waals surface area contributed by atoms with E-state index >= 15 is 0 Å². The third-order valence-electron chi connectivity index (χ3n) is 4.42. The summed E-state index contributed by atoms with van der Waals surface area (Å²) < 4.78 is 5.94. The van der Waals surface area contributed by atoms with E-state index in [2.05, 4.69) is 29.2 Å². The molecule has 1 aliphatic carbocycles. The highest BCUT2D eigenvalue weighted by molar-refractivity contribution is 5.50. The van der Waals surface area contributed by atoms with Crippen LogP contribution < -0.4 is 16.2 Å². The van der Waals surface area contributed by atoms with Gasteiger partial charge in [0.1, 0.15) is 17.5 Å². The number of nitrogens with two attached hydrogens (primary N) is 1. The van der Waals surface area contributed by atoms with Crippen LogP contribution in [0, 0.1) is 0 Å². The quantitative estimate of drug-likeness (QED) is 0.655. The van der Waals surface area contributed by atoms with Crippen LogP contribution in [0.15, 0.2) is 6.07 Å². The number of hydrogen-bond donors (Lipinski definition) is 2. The maximum absolute atomic E-state index is 5.94. The van der Waals surface area contributed by atoms with Crippen LogP contribution in [-0.2, 0) is 4.74 Å². The molecular formula is C15H25N5O. The Bertz CT molecular complexity index is 491. The topological polar surface area (TPSA) is 76.3 Å². The minimum atomic E-state index is 0.278. The van der Waals surface area contributed by atoms with Crippen molar-refractivity contribution >= 4 is 11.6 Å². The van der Waals surface area contributed by atoms with Gasteiger partial charge in [-0.25, -0.2) is 15.8 Å². The Balaban J connectivity index is 1.92. The molecule has 1 saturated carbocycles. The zero-order chi connectivity index (χ0) is 14.8. The molecule has 0 aromatic carbocycles. The smallest absolute Gasteiger partial charge is 0.145 e. The summed E-state index contributed by atoms with van der Waals surface area (Å²) >= 11 is 0. The molecule has 6 nitrogen and oxygen atoms in total.